The highest BCUT2D eigenvalue weighted by atomic mass is 32.2. The number of aromatic nitrogens is 2. The van der Waals surface area contributed by atoms with Gasteiger partial charge in [0.15, 0.2) is 0 Å². The minimum Gasteiger partial charge on any atom is -0.382 e. The highest BCUT2D eigenvalue weighted by Gasteiger charge is 2.23. The highest BCUT2D eigenvalue weighted by molar-refractivity contribution is 7.99. The van der Waals surface area contributed by atoms with Gasteiger partial charge in [-0.1, -0.05) is 26.2 Å². The minimum atomic E-state index is 0.513. The van der Waals surface area contributed by atoms with Crippen LogP contribution in [-0.2, 0) is 6.42 Å². The molecule has 0 saturated heterocycles. The van der Waals surface area contributed by atoms with E-state index in [0.29, 0.717) is 11.7 Å². The van der Waals surface area contributed by atoms with E-state index in [0.717, 1.165) is 29.4 Å². The van der Waals surface area contributed by atoms with Crippen molar-refractivity contribution in [3.05, 3.63) is 11.5 Å². The molecule has 1 saturated carbocycles. The van der Waals surface area contributed by atoms with Crippen LogP contribution in [0.2, 0.25) is 0 Å². The lowest BCUT2D eigenvalue weighted by molar-refractivity contribution is 0.424. The van der Waals surface area contributed by atoms with Gasteiger partial charge in [-0.2, -0.15) is 11.8 Å². The van der Waals surface area contributed by atoms with E-state index in [1.807, 2.05) is 11.8 Å². The third kappa shape index (κ3) is 2.94. The lowest BCUT2D eigenvalue weighted by Crippen LogP contribution is -2.19. The van der Waals surface area contributed by atoms with Crippen molar-refractivity contribution in [1.29, 1.82) is 0 Å². The Morgan fingerprint density at radius 2 is 2.06 bits per heavy atom. The van der Waals surface area contributed by atoms with Gasteiger partial charge in [0.1, 0.15) is 11.6 Å². The maximum atomic E-state index is 6.06. The molecule has 0 spiro atoms. The lowest BCUT2D eigenvalue weighted by Gasteiger charge is -2.20. The van der Waals surface area contributed by atoms with E-state index in [1.54, 1.807) is 4.68 Å². The molecule has 0 aromatic carbocycles. The topological polar surface area (TPSA) is 69.9 Å². The third-order valence-corrected chi connectivity index (χ3v) is 4.61. The molecule has 0 aliphatic heterocycles. The molecule has 0 unspecified atom stereocenters. The summed E-state index contributed by atoms with van der Waals surface area (Å²) in [5, 5.41) is 0. The quantitative estimate of drug-likeness (QED) is 0.636. The van der Waals surface area contributed by atoms with Crippen LogP contribution in [-0.4, -0.2) is 21.2 Å². The lowest BCUT2D eigenvalue weighted by atomic mass is 9.89. The molecule has 18 heavy (non-hydrogen) atoms. The molecule has 1 aromatic heterocycles. The van der Waals surface area contributed by atoms with E-state index < -0.39 is 0 Å². The van der Waals surface area contributed by atoms with E-state index >= 15 is 0 Å². The second-order valence-electron chi connectivity index (χ2n) is 4.95. The normalized spacial score (nSPS) is 17.2. The van der Waals surface area contributed by atoms with E-state index in [-0.39, 0.29) is 0 Å². The molecule has 1 fully saturated rings. The van der Waals surface area contributed by atoms with Crippen LogP contribution in [0.5, 0.6) is 0 Å². The number of nitrogens with two attached hydrogens (primary N) is 2. The first kappa shape index (κ1) is 13.6. The molecular weight excluding hydrogens is 244 g/mol. The number of nitrogen functional groups attached to an aromatic ring is 2. The second-order valence-corrected chi connectivity index (χ2v) is 6.35. The van der Waals surface area contributed by atoms with Crippen molar-refractivity contribution < 1.29 is 0 Å². The van der Waals surface area contributed by atoms with E-state index in [4.69, 9.17) is 16.6 Å². The summed E-state index contributed by atoms with van der Waals surface area (Å²) in [6.07, 6.45) is 7.26. The number of rotatable bonds is 5. The van der Waals surface area contributed by atoms with Gasteiger partial charge in [0.2, 0.25) is 0 Å². The fourth-order valence-corrected chi connectivity index (χ4v) is 3.28. The van der Waals surface area contributed by atoms with Gasteiger partial charge in [-0.15, -0.1) is 0 Å². The number of aryl methyl sites for hydroxylation is 1. The monoisotopic (exact) mass is 268 g/mol. The van der Waals surface area contributed by atoms with Crippen molar-refractivity contribution in [3.63, 3.8) is 0 Å². The van der Waals surface area contributed by atoms with Gasteiger partial charge in [-0.05, 0) is 24.3 Å². The van der Waals surface area contributed by atoms with Gasteiger partial charge in [-0.25, -0.2) is 9.66 Å². The van der Waals surface area contributed by atoms with Crippen LogP contribution < -0.4 is 11.6 Å². The van der Waals surface area contributed by atoms with Gasteiger partial charge >= 0.3 is 0 Å². The summed E-state index contributed by atoms with van der Waals surface area (Å²) in [5.74, 6) is 10.4. The summed E-state index contributed by atoms with van der Waals surface area (Å²) < 4.78 is 1.63. The number of thioether (sulfide) groups is 1. The van der Waals surface area contributed by atoms with Crippen LogP contribution in [0, 0.1) is 0 Å². The Hall–Kier alpha value is -0.840. The van der Waals surface area contributed by atoms with Crippen molar-refractivity contribution in [2.75, 3.05) is 23.1 Å². The van der Waals surface area contributed by atoms with Crippen LogP contribution in [0.4, 0.5) is 5.82 Å². The zero-order valence-corrected chi connectivity index (χ0v) is 12.0. The molecule has 102 valence electrons. The van der Waals surface area contributed by atoms with E-state index in [1.165, 1.54) is 32.1 Å². The van der Waals surface area contributed by atoms with Gasteiger partial charge in [0.25, 0.3) is 0 Å². The Balaban J connectivity index is 2.08. The summed E-state index contributed by atoms with van der Waals surface area (Å²) in [6, 6.07) is 0. The molecule has 4 nitrogen and oxygen atoms in total. The maximum absolute atomic E-state index is 6.06. The zero-order chi connectivity index (χ0) is 13.0. The van der Waals surface area contributed by atoms with Crippen molar-refractivity contribution in [3.8, 4) is 0 Å². The average molecular weight is 268 g/mol. The number of hydrogen-bond donors (Lipinski definition) is 2. The average Bonchev–Trinajstić information content (AvgIpc) is 2.68. The number of nitrogens with zero attached hydrogens (tertiary/aromatic N) is 2. The molecule has 2 rings (SSSR count). The predicted molar refractivity (Wildman–Crippen MR) is 79.3 cm³/mol. The minimum absolute atomic E-state index is 0.513. The summed E-state index contributed by atoms with van der Waals surface area (Å²) in [6.45, 7) is 2.17. The second kappa shape index (κ2) is 6.36. The summed E-state index contributed by atoms with van der Waals surface area (Å²) in [5.41, 5.74) is 7.04. The molecule has 0 atom stereocenters. The van der Waals surface area contributed by atoms with Crippen molar-refractivity contribution in [2.24, 2.45) is 0 Å². The van der Waals surface area contributed by atoms with Gasteiger partial charge < -0.3 is 11.6 Å². The Morgan fingerprint density at radius 3 is 2.72 bits per heavy atom. The maximum Gasteiger partial charge on any atom is 0.146 e. The Labute approximate surface area is 113 Å². The summed E-state index contributed by atoms with van der Waals surface area (Å²) in [4.78, 5) is 4.70. The van der Waals surface area contributed by atoms with Crippen LogP contribution in [0.15, 0.2) is 0 Å². The van der Waals surface area contributed by atoms with Gasteiger partial charge in [0, 0.05) is 12.3 Å². The molecular formula is C13H24N4S. The van der Waals surface area contributed by atoms with Gasteiger partial charge in [-0.3, -0.25) is 0 Å². The van der Waals surface area contributed by atoms with Crippen LogP contribution in [0.25, 0.3) is 0 Å². The fraction of sp³-hybridized carbons (Fsp3) is 0.769. The first-order valence-corrected chi connectivity index (χ1v) is 8.09. The van der Waals surface area contributed by atoms with Crippen LogP contribution >= 0.6 is 11.8 Å². The van der Waals surface area contributed by atoms with E-state index in [2.05, 4.69) is 6.92 Å². The Bertz CT molecular complexity index is 383. The molecule has 1 aliphatic carbocycles. The van der Waals surface area contributed by atoms with Gasteiger partial charge in [0.05, 0.1) is 5.69 Å². The molecule has 1 heterocycles. The molecule has 0 amide bonds. The SMILES string of the molecule is CCSCCc1nc(C2CCCCC2)n(N)c1N. The highest BCUT2D eigenvalue weighted by Crippen LogP contribution is 2.33. The van der Waals surface area contributed by atoms with Crippen LogP contribution in [0.1, 0.15) is 56.5 Å². The van der Waals surface area contributed by atoms with E-state index in [9.17, 15) is 0 Å². The Morgan fingerprint density at radius 1 is 1.33 bits per heavy atom. The molecule has 1 aromatic rings. The number of imidazole rings is 1. The molecule has 0 bridgehead atoms. The largest absolute Gasteiger partial charge is 0.382 e. The fourth-order valence-electron chi connectivity index (χ4n) is 2.66. The Kier molecular flexibility index (Phi) is 4.80. The molecule has 4 N–H and O–H groups in total. The van der Waals surface area contributed by atoms with Crippen molar-refractivity contribution >= 4 is 17.6 Å². The van der Waals surface area contributed by atoms with Crippen molar-refractivity contribution in [2.45, 2.75) is 51.4 Å². The standard InChI is InChI=1S/C13H24N4S/c1-2-18-9-8-11-12(14)17(15)13(16-11)10-6-4-3-5-7-10/h10H,2-9,14-15H2,1H3. The predicted octanol–water partition coefficient (Wildman–Crippen LogP) is 2.52. The van der Waals surface area contributed by atoms with Crippen LogP contribution in [0.3, 0.4) is 0 Å². The van der Waals surface area contributed by atoms with Crippen molar-refractivity contribution in [1.82, 2.24) is 9.66 Å². The zero-order valence-electron chi connectivity index (χ0n) is 11.2. The summed E-state index contributed by atoms with van der Waals surface area (Å²) >= 11 is 1.92. The number of hydrogen-bond acceptors (Lipinski definition) is 4. The number of anilines is 1. The first-order valence-electron chi connectivity index (χ1n) is 6.93. The molecule has 5 heteroatoms. The first-order chi connectivity index (χ1) is 8.74. The third-order valence-electron chi connectivity index (χ3n) is 3.71. The molecule has 0 radical (unpaired) electrons. The summed E-state index contributed by atoms with van der Waals surface area (Å²) in [7, 11) is 0. The smallest absolute Gasteiger partial charge is 0.146 e. The molecule has 1 aliphatic rings.